The van der Waals surface area contributed by atoms with Gasteiger partial charge >= 0.3 is 0 Å². The van der Waals surface area contributed by atoms with Crippen LogP contribution in [0.25, 0.3) is 0 Å². The van der Waals surface area contributed by atoms with Crippen LogP contribution in [0.4, 0.5) is 0 Å². The SMILES string of the molecule is CC(C)c1csnc1CCSCC(C)(C)C. The molecule has 1 nitrogen and oxygen atoms in total. The van der Waals surface area contributed by atoms with E-state index in [0.29, 0.717) is 11.3 Å². The number of aryl methyl sites for hydroxylation is 1. The molecule has 0 aliphatic heterocycles. The first-order valence-electron chi connectivity index (χ1n) is 5.91. The van der Waals surface area contributed by atoms with Crippen LogP contribution >= 0.6 is 23.3 Å². The summed E-state index contributed by atoms with van der Waals surface area (Å²) in [6.07, 6.45) is 1.12. The second-order valence-electron chi connectivity index (χ2n) is 5.73. The quantitative estimate of drug-likeness (QED) is 0.716. The smallest absolute Gasteiger partial charge is 0.0584 e. The van der Waals surface area contributed by atoms with E-state index >= 15 is 0 Å². The normalized spacial score (nSPS) is 12.4. The van der Waals surface area contributed by atoms with Crippen LogP contribution in [0, 0.1) is 5.41 Å². The first-order chi connectivity index (χ1) is 7.40. The van der Waals surface area contributed by atoms with E-state index in [-0.39, 0.29) is 0 Å². The number of aromatic nitrogens is 1. The molecule has 0 unspecified atom stereocenters. The maximum atomic E-state index is 4.50. The van der Waals surface area contributed by atoms with Gasteiger partial charge in [0.15, 0.2) is 0 Å². The molecule has 0 bridgehead atoms. The third kappa shape index (κ3) is 4.88. The second-order valence-corrected chi connectivity index (χ2v) is 7.47. The Morgan fingerprint density at radius 1 is 1.38 bits per heavy atom. The summed E-state index contributed by atoms with van der Waals surface area (Å²) >= 11 is 3.64. The Morgan fingerprint density at radius 2 is 2.06 bits per heavy atom. The van der Waals surface area contributed by atoms with Crippen molar-refractivity contribution in [1.29, 1.82) is 0 Å². The number of hydrogen-bond donors (Lipinski definition) is 0. The van der Waals surface area contributed by atoms with E-state index in [1.54, 1.807) is 11.5 Å². The van der Waals surface area contributed by atoms with Crippen molar-refractivity contribution >= 4 is 23.3 Å². The molecule has 16 heavy (non-hydrogen) atoms. The topological polar surface area (TPSA) is 12.9 Å². The molecule has 1 heterocycles. The van der Waals surface area contributed by atoms with Gasteiger partial charge in [-0.2, -0.15) is 16.1 Å². The molecule has 0 aliphatic rings. The average molecular weight is 257 g/mol. The Balaban J connectivity index is 2.35. The monoisotopic (exact) mass is 257 g/mol. The lowest BCUT2D eigenvalue weighted by Gasteiger charge is -2.17. The predicted molar refractivity (Wildman–Crippen MR) is 76.7 cm³/mol. The molecule has 1 aromatic rings. The van der Waals surface area contributed by atoms with Gasteiger partial charge in [0.25, 0.3) is 0 Å². The summed E-state index contributed by atoms with van der Waals surface area (Å²) in [6, 6.07) is 0. The summed E-state index contributed by atoms with van der Waals surface area (Å²) in [5.41, 5.74) is 3.20. The first-order valence-corrected chi connectivity index (χ1v) is 7.90. The maximum Gasteiger partial charge on any atom is 0.0584 e. The summed E-state index contributed by atoms with van der Waals surface area (Å²) < 4.78 is 4.50. The summed E-state index contributed by atoms with van der Waals surface area (Å²) in [7, 11) is 0. The van der Waals surface area contributed by atoms with E-state index in [9.17, 15) is 0 Å². The summed E-state index contributed by atoms with van der Waals surface area (Å²) in [5, 5.41) is 2.20. The molecule has 0 atom stereocenters. The molecular weight excluding hydrogens is 234 g/mol. The molecule has 0 radical (unpaired) electrons. The standard InChI is InChI=1S/C13H23NS2/c1-10(2)11-8-16-14-12(11)6-7-15-9-13(3,4)5/h8,10H,6-7,9H2,1-5H3. The minimum atomic E-state index is 0.438. The van der Waals surface area contributed by atoms with Crippen LogP contribution in [-0.4, -0.2) is 15.9 Å². The highest BCUT2D eigenvalue weighted by molar-refractivity contribution is 7.99. The maximum absolute atomic E-state index is 4.50. The fraction of sp³-hybridized carbons (Fsp3) is 0.769. The minimum absolute atomic E-state index is 0.438. The van der Waals surface area contributed by atoms with Gasteiger partial charge in [-0.05, 0) is 39.9 Å². The number of nitrogens with zero attached hydrogens (tertiary/aromatic N) is 1. The fourth-order valence-corrected chi connectivity index (χ4v) is 3.47. The lowest BCUT2D eigenvalue weighted by atomic mass is 10.0. The zero-order valence-electron chi connectivity index (χ0n) is 11.0. The van der Waals surface area contributed by atoms with E-state index in [2.05, 4.69) is 44.4 Å². The molecule has 0 saturated carbocycles. The van der Waals surface area contributed by atoms with Crippen LogP contribution in [0.2, 0.25) is 0 Å². The summed E-state index contributed by atoms with van der Waals surface area (Å²) in [5.74, 6) is 3.04. The van der Waals surface area contributed by atoms with Crippen molar-refractivity contribution in [3.05, 3.63) is 16.6 Å². The van der Waals surface area contributed by atoms with E-state index in [1.165, 1.54) is 22.8 Å². The predicted octanol–water partition coefficient (Wildman–Crippen LogP) is 4.59. The van der Waals surface area contributed by atoms with Crippen LogP contribution in [0.5, 0.6) is 0 Å². The third-order valence-electron chi connectivity index (χ3n) is 2.32. The van der Waals surface area contributed by atoms with Crippen molar-refractivity contribution in [3.8, 4) is 0 Å². The Morgan fingerprint density at radius 3 is 2.62 bits per heavy atom. The van der Waals surface area contributed by atoms with Gasteiger partial charge in [0.1, 0.15) is 0 Å². The molecule has 0 aromatic carbocycles. The van der Waals surface area contributed by atoms with Crippen molar-refractivity contribution < 1.29 is 0 Å². The van der Waals surface area contributed by atoms with Crippen LogP contribution in [0.3, 0.4) is 0 Å². The molecule has 1 aromatic heterocycles. The van der Waals surface area contributed by atoms with Crippen molar-refractivity contribution in [2.75, 3.05) is 11.5 Å². The molecule has 3 heteroatoms. The molecule has 0 aliphatic carbocycles. The van der Waals surface area contributed by atoms with E-state index in [0.717, 1.165) is 6.42 Å². The Labute approximate surface area is 108 Å². The molecule has 92 valence electrons. The van der Waals surface area contributed by atoms with Gasteiger partial charge in [-0.25, -0.2) is 0 Å². The number of thioether (sulfide) groups is 1. The minimum Gasteiger partial charge on any atom is -0.197 e. The van der Waals surface area contributed by atoms with Crippen LogP contribution in [0.15, 0.2) is 5.38 Å². The molecular formula is C13H23NS2. The van der Waals surface area contributed by atoms with Gasteiger partial charge in [0.05, 0.1) is 5.69 Å². The lowest BCUT2D eigenvalue weighted by Crippen LogP contribution is -2.09. The van der Waals surface area contributed by atoms with E-state index in [1.807, 2.05) is 11.8 Å². The number of hydrogen-bond acceptors (Lipinski definition) is 3. The highest BCUT2D eigenvalue weighted by Crippen LogP contribution is 2.24. The van der Waals surface area contributed by atoms with Gasteiger partial charge in [0.2, 0.25) is 0 Å². The first kappa shape index (κ1) is 14.0. The fourth-order valence-electron chi connectivity index (χ4n) is 1.47. The van der Waals surface area contributed by atoms with Gasteiger partial charge < -0.3 is 0 Å². The van der Waals surface area contributed by atoms with E-state index < -0.39 is 0 Å². The molecule has 0 amide bonds. The third-order valence-corrected chi connectivity index (χ3v) is 4.56. The zero-order chi connectivity index (χ0) is 12.2. The van der Waals surface area contributed by atoms with Gasteiger partial charge in [-0.3, -0.25) is 0 Å². The molecule has 1 rings (SSSR count). The highest BCUT2D eigenvalue weighted by Gasteiger charge is 2.12. The number of rotatable bonds is 5. The van der Waals surface area contributed by atoms with Crippen molar-refractivity contribution in [3.63, 3.8) is 0 Å². The Bertz CT molecular complexity index is 310. The van der Waals surface area contributed by atoms with Gasteiger partial charge in [-0.15, -0.1) is 0 Å². The highest BCUT2D eigenvalue weighted by atomic mass is 32.2. The summed E-state index contributed by atoms with van der Waals surface area (Å²) in [6.45, 7) is 11.4. The zero-order valence-corrected chi connectivity index (χ0v) is 12.7. The lowest BCUT2D eigenvalue weighted by molar-refractivity contribution is 0.481. The van der Waals surface area contributed by atoms with Crippen molar-refractivity contribution in [2.45, 2.75) is 47.0 Å². The van der Waals surface area contributed by atoms with Gasteiger partial charge in [0, 0.05) is 11.8 Å². The second kappa shape index (κ2) is 6.06. The van der Waals surface area contributed by atoms with Crippen molar-refractivity contribution in [1.82, 2.24) is 4.37 Å². The average Bonchev–Trinajstić information content (AvgIpc) is 2.58. The van der Waals surface area contributed by atoms with Crippen LogP contribution in [0.1, 0.15) is 51.8 Å². The molecule has 0 N–H and O–H groups in total. The summed E-state index contributed by atoms with van der Waals surface area (Å²) in [4.78, 5) is 0. The van der Waals surface area contributed by atoms with Crippen LogP contribution < -0.4 is 0 Å². The van der Waals surface area contributed by atoms with Gasteiger partial charge in [-0.1, -0.05) is 34.6 Å². The van der Waals surface area contributed by atoms with Crippen LogP contribution in [-0.2, 0) is 6.42 Å². The molecule has 0 fully saturated rings. The Kier molecular flexibility index (Phi) is 5.32. The Hall–Kier alpha value is -0.0200. The largest absolute Gasteiger partial charge is 0.197 e. The van der Waals surface area contributed by atoms with Crippen molar-refractivity contribution in [2.24, 2.45) is 5.41 Å². The molecule has 0 spiro atoms. The van der Waals surface area contributed by atoms with E-state index in [4.69, 9.17) is 0 Å². The molecule has 0 saturated heterocycles.